The Bertz CT molecular complexity index is 339. The number of hydrogen-bond acceptors (Lipinski definition) is 1. The monoisotopic (exact) mass is 251 g/mol. The highest BCUT2D eigenvalue weighted by Gasteiger charge is 2.02. The third-order valence-corrected chi connectivity index (χ3v) is 1.97. The van der Waals surface area contributed by atoms with Gasteiger partial charge in [0.05, 0.1) is 5.70 Å². The molecule has 0 saturated carbocycles. The molecule has 0 radical (unpaired) electrons. The van der Waals surface area contributed by atoms with Crippen molar-refractivity contribution < 1.29 is 4.48 Å². The van der Waals surface area contributed by atoms with E-state index in [1.807, 2.05) is 84.0 Å². The van der Waals surface area contributed by atoms with Crippen LogP contribution in [-0.2, 0) is 0 Å². The van der Waals surface area contributed by atoms with Crippen LogP contribution in [0.4, 0.5) is 4.48 Å². The lowest BCUT2D eigenvalue weighted by molar-refractivity contribution is 0.419. The fraction of sp³-hybridized carbons (Fsp3) is 0.375. The van der Waals surface area contributed by atoms with Crippen molar-refractivity contribution in [1.82, 2.24) is 5.54 Å². The molecule has 0 spiro atoms. The normalized spacial score (nSPS) is 10.6. The van der Waals surface area contributed by atoms with Crippen LogP contribution >= 0.6 is 0 Å². The number of nitrogens with one attached hydrogen (secondary N) is 1. The standard InChI is InChI=1S/C12H14FN.2C2H6/c1-3-7-10(2)12(14-13)11-8-5-4-6-9-11;2*1-2/h3-9,14H,1-2H3;2*1-2H3/b7-3-,12-10-;;. The highest BCUT2D eigenvalue weighted by atomic mass is 19.2. The summed E-state index contributed by atoms with van der Waals surface area (Å²) in [5.74, 6) is 0. The van der Waals surface area contributed by atoms with E-state index in [9.17, 15) is 4.48 Å². The van der Waals surface area contributed by atoms with E-state index in [-0.39, 0.29) is 0 Å². The second-order valence-corrected chi connectivity index (χ2v) is 3.02. The molecule has 0 aliphatic carbocycles. The number of hydrogen-bond donors (Lipinski definition) is 1. The Balaban J connectivity index is 0. The first-order chi connectivity index (χ1) is 8.79. The van der Waals surface area contributed by atoms with Gasteiger partial charge in [0, 0.05) is 5.56 Å². The molecule has 0 amide bonds. The molecule has 1 nitrogen and oxygen atoms in total. The van der Waals surface area contributed by atoms with E-state index >= 15 is 0 Å². The predicted molar refractivity (Wildman–Crippen MR) is 80.8 cm³/mol. The molecule has 0 aliphatic rings. The zero-order valence-corrected chi connectivity index (χ0v) is 12.4. The van der Waals surface area contributed by atoms with Gasteiger partial charge in [0.25, 0.3) is 0 Å². The molecule has 0 unspecified atom stereocenters. The topological polar surface area (TPSA) is 12.0 Å². The first-order valence-corrected chi connectivity index (χ1v) is 6.55. The summed E-state index contributed by atoms with van der Waals surface area (Å²) in [7, 11) is 0. The molecule has 0 atom stereocenters. The number of halogens is 1. The van der Waals surface area contributed by atoms with Gasteiger partial charge in [0.2, 0.25) is 0 Å². The maximum absolute atomic E-state index is 12.6. The van der Waals surface area contributed by atoms with E-state index in [0.717, 1.165) is 11.1 Å². The van der Waals surface area contributed by atoms with Gasteiger partial charge in [-0.15, -0.1) is 4.48 Å². The minimum Gasteiger partial charge on any atom is -0.224 e. The summed E-state index contributed by atoms with van der Waals surface area (Å²) in [5, 5.41) is 0. The Morgan fingerprint density at radius 1 is 1.06 bits per heavy atom. The van der Waals surface area contributed by atoms with Crippen LogP contribution in [0.25, 0.3) is 5.70 Å². The number of rotatable bonds is 3. The van der Waals surface area contributed by atoms with E-state index < -0.39 is 0 Å². The molecular formula is C16H26FN. The van der Waals surface area contributed by atoms with Gasteiger partial charge in [-0.05, 0) is 19.4 Å². The van der Waals surface area contributed by atoms with Crippen LogP contribution in [0.5, 0.6) is 0 Å². The average Bonchev–Trinajstić information content (AvgIpc) is 2.45. The molecule has 1 aromatic rings. The number of benzene rings is 1. The average molecular weight is 251 g/mol. The third kappa shape index (κ3) is 6.89. The lowest BCUT2D eigenvalue weighted by Gasteiger charge is -2.06. The lowest BCUT2D eigenvalue weighted by Crippen LogP contribution is -2.01. The van der Waals surface area contributed by atoms with E-state index in [0.29, 0.717) is 5.70 Å². The largest absolute Gasteiger partial charge is 0.224 e. The Labute approximate surface area is 111 Å². The van der Waals surface area contributed by atoms with Gasteiger partial charge in [0.15, 0.2) is 0 Å². The quantitative estimate of drug-likeness (QED) is 0.551. The lowest BCUT2D eigenvalue weighted by atomic mass is 10.1. The fourth-order valence-electron chi connectivity index (χ4n) is 1.29. The molecule has 1 rings (SSSR count). The summed E-state index contributed by atoms with van der Waals surface area (Å²) in [5.41, 5.74) is 3.98. The van der Waals surface area contributed by atoms with Gasteiger partial charge in [-0.25, -0.2) is 5.54 Å². The van der Waals surface area contributed by atoms with Crippen molar-refractivity contribution in [1.29, 1.82) is 0 Å². The van der Waals surface area contributed by atoms with Crippen molar-refractivity contribution >= 4 is 5.70 Å². The van der Waals surface area contributed by atoms with Crippen molar-refractivity contribution in [3.8, 4) is 0 Å². The summed E-state index contributed by atoms with van der Waals surface area (Å²) in [6.07, 6.45) is 3.75. The van der Waals surface area contributed by atoms with Crippen LogP contribution in [0.1, 0.15) is 47.1 Å². The van der Waals surface area contributed by atoms with Crippen LogP contribution in [0.3, 0.4) is 0 Å². The molecule has 0 heterocycles. The minimum absolute atomic E-state index is 0.517. The Morgan fingerprint density at radius 3 is 1.94 bits per heavy atom. The molecule has 1 N–H and O–H groups in total. The first-order valence-electron chi connectivity index (χ1n) is 6.55. The molecule has 0 fully saturated rings. The molecule has 18 heavy (non-hydrogen) atoms. The van der Waals surface area contributed by atoms with Crippen LogP contribution in [-0.4, -0.2) is 0 Å². The highest BCUT2D eigenvalue weighted by molar-refractivity contribution is 5.67. The third-order valence-electron chi connectivity index (χ3n) is 1.97. The van der Waals surface area contributed by atoms with Crippen LogP contribution in [0.15, 0.2) is 48.1 Å². The van der Waals surface area contributed by atoms with Crippen LogP contribution in [0.2, 0.25) is 0 Å². The fourth-order valence-corrected chi connectivity index (χ4v) is 1.29. The van der Waals surface area contributed by atoms with E-state index in [1.165, 1.54) is 0 Å². The van der Waals surface area contributed by atoms with Crippen LogP contribution < -0.4 is 5.54 Å². The molecule has 0 bridgehead atoms. The van der Waals surface area contributed by atoms with Crippen molar-refractivity contribution in [2.75, 3.05) is 0 Å². The van der Waals surface area contributed by atoms with Gasteiger partial charge >= 0.3 is 0 Å². The Hall–Kier alpha value is -1.57. The molecular weight excluding hydrogens is 225 g/mol. The van der Waals surface area contributed by atoms with Gasteiger partial charge in [0.1, 0.15) is 0 Å². The second-order valence-electron chi connectivity index (χ2n) is 3.02. The van der Waals surface area contributed by atoms with Crippen molar-refractivity contribution in [3.63, 3.8) is 0 Å². The first kappa shape index (κ1) is 18.8. The molecule has 1 aromatic carbocycles. The Morgan fingerprint density at radius 2 is 1.56 bits per heavy atom. The highest BCUT2D eigenvalue weighted by Crippen LogP contribution is 2.16. The van der Waals surface area contributed by atoms with E-state index in [1.54, 1.807) is 5.54 Å². The maximum atomic E-state index is 12.6. The summed E-state index contributed by atoms with van der Waals surface area (Å²) in [4.78, 5) is 0. The van der Waals surface area contributed by atoms with Gasteiger partial charge < -0.3 is 0 Å². The molecule has 0 aromatic heterocycles. The molecule has 2 heteroatoms. The minimum atomic E-state index is 0.517. The second kappa shape index (κ2) is 13.5. The predicted octanol–water partition coefficient (Wildman–Crippen LogP) is 5.52. The molecule has 0 saturated heterocycles. The maximum Gasteiger partial charge on any atom is 0.0756 e. The van der Waals surface area contributed by atoms with Crippen molar-refractivity contribution in [2.45, 2.75) is 41.5 Å². The zero-order valence-electron chi connectivity index (χ0n) is 12.4. The van der Waals surface area contributed by atoms with Gasteiger partial charge in [-0.3, -0.25) is 0 Å². The summed E-state index contributed by atoms with van der Waals surface area (Å²) in [6.45, 7) is 11.8. The van der Waals surface area contributed by atoms with Crippen LogP contribution in [0, 0.1) is 0 Å². The van der Waals surface area contributed by atoms with Gasteiger partial charge in [-0.1, -0.05) is 70.2 Å². The number of allylic oxidation sites excluding steroid dienone is 3. The SMILES string of the molecule is C/C=C\C(C)=C(/NF)c1ccccc1.CC.CC. The zero-order chi connectivity index (χ0) is 14.4. The smallest absolute Gasteiger partial charge is 0.0756 e. The summed E-state index contributed by atoms with van der Waals surface area (Å²) >= 11 is 0. The van der Waals surface area contributed by atoms with E-state index in [4.69, 9.17) is 0 Å². The Kier molecular flexibility index (Phi) is 14.1. The summed E-state index contributed by atoms with van der Waals surface area (Å²) < 4.78 is 12.6. The van der Waals surface area contributed by atoms with Crippen molar-refractivity contribution in [2.24, 2.45) is 0 Å². The van der Waals surface area contributed by atoms with E-state index in [2.05, 4.69) is 0 Å². The molecule has 102 valence electrons. The summed E-state index contributed by atoms with van der Waals surface area (Å²) in [6, 6.07) is 9.42. The van der Waals surface area contributed by atoms with Crippen molar-refractivity contribution in [3.05, 3.63) is 53.6 Å². The van der Waals surface area contributed by atoms with Gasteiger partial charge in [-0.2, -0.15) is 0 Å². The molecule has 0 aliphatic heterocycles.